The molecule has 0 unspecified atom stereocenters. The predicted molar refractivity (Wildman–Crippen MR) is 82.5 cm³/mol. The van der Waals surface area contributed by atoms with Crippen LogP contribution in [0.1, 0.15) is 31.9 Å². The number of carbonyl (C=O) groups excluding carboxylic acids is 2. The van der Waals surface area contributed by atoms with E-state index in [0.29, 0.717) is 10.9 Å². The Bertz CT molecular complexity index is 878. The molecule has 7 heteroatoms. The van der Waals surface area contributed by atoms with Crippen LogP contribution in [-0.4, -0.2) is 17.7 Å². The van der Waals surface area contributed by atoms with E-state index in [1.165, 1.54) is 19.9 Å². The molecule has 2 aromatic rings. The predicted octanol–water partition coefficient (Wildman–Crippen LogP) is 2.31. The third kappa shape index (κ3) is 3.63. The Balaban J connectivity index is 2.78. The van der Waals surface area contributed by atoms with E-state index in [4.69, 9.17) is 9.15 Å². The second-order valence-corrected chi connectivity index (χ2v) is 4.92. The Morgan fingerprint density at radius 2 is 1.83 bits per heavy atom. The van der Waals surface area contributed by atoms with Gasteiger partial charge in [0.25, 0.3) is 0 Å². The van der Waals surface area contributed by atoms with Crippen LogP contribution in [0.5, 0.6) is 5.75 Å². The minimum Gasteiger partial charge on any atom is -0.426 e. The Labute approximate surface area is 131 Å². The van der Waals surface area contributed by atoms with E-state index >= 15 is 0 Å². The first-order valence-corrected chi connectivity index (χ1v) is 6.78. The van der Waals surface area contributed by atoms with E-state index in [-0.39, 0.29) is 22.6 Å². The standard InChI is InChI=1S/C16H15NO6/c1-8-7-14(20)22-16-12(8)5-6-13(21-10(3)18)15(16)9(2)17-23-11(4)19/h5-7H,1-4H3. The Hall–Kier alpha value is -2.96. The van der Waals surface area contributed by atoms with Crippen LogP contribution in [0.4, 0.5) is 0 Å². The highest BCUT2D eigenvalue weighted by Gasteiger charge is 2.18. The summed E-state index contributed by atoms with van der Waals surface area (Å²) >= 11 is 0. The Morgan fingerprint density at radius 3 is 2.43 bits per heavy atom. The average molecular weight is 317 g/mol. The number of rotatable bonds is 3. The van der Waals surface area contributed by atoms with Crippen LogP contribution < -0.4 is 10.4 Å². The number of nitrogens with zero attached hydrogens (tertiary/aromatic N) is 1. The van der Waals surface area contributed by atoms with Crippen LogP contribution in [0.2, 0.25) is 0 Å². The van der Waals surface area contributed by atoms with Gasteiger partial charge < -0.3 is 14.0 Å². The number of esters is 1. The Kier molecular flexibility index (Phi) is 4.59. The van der Waals surface area contributed by atoms with E-state index < -0.39 is 17.6 Å². The van der Waals surface area contributed by atoms with Crippen molar-refractivity contribution >= 4 is 28.6 Å². The third-order valence-electron chi connectivity index (χ3n) is 3.01. The monoisotopic (exact) mass is 317 g/mol. The molecule has 0 aliphatic carbocycles. The van der Waals surface area contributed by atoms with Crippen molar-refractivity contribution in [2.45, 2.75) is 27.7 Å². The van der Waals surface area contributed by atoms with E-state index in [2.05, 4.69) is 9.99 Å². The molecule has 0 saturated heterocycles. The highest BCUT2D eigenvalue weighted by Crippen LogP contribution is 2.30. The fourth-order valence-electron chi connectivity index (χ4n) is 2.13. The van der Waals surface area contributed by atoms with Crippen LogP contribution >= 0.6 is 0 Å². The molecule has 2 rings (SSSR count). The van der Waals surface area contributed by atoms with E-state index in [0.717, 1.165) is 0 Å². The lowest BCUT2D eigenvalue weighted by Gasteiger charge is -2.11. The molecule has 0 saturated carbocycles. The number of carbonyl (C=O) groups is 2. The zero-order chi connectivity index (χ0) is 17.1. The summed E-state index contributed by atoms with van der Waals surface area (Å²) in [5.41, 5.74) is 0.876. The zero-order valence-corrected chi connectivity index (χ0v) is 13.1. The summed E-state index contributed by atoms with van der Waals surface area (Å²) < 4.78 is 10.4. The number of benzene rings is 1. The van der Waals surface area contributed by atoms with Crippen molar-refractivity contribution in [2.24, 2.45) is 5.16 Å². The second kappa shape index (κ2) is 6.43. The fourth-order valence-corrected chi connectivity index (χ4v) is 2.13. The van der Waals surface area contributed by atoms with E-state index in [1.807, 2.05) is 0 Å². The molecular formula is C16H15NO6. The molecule has 0 bridgehead atoms. The molecule has 120 valence electrons. The number of hydrogen-bond donors (Lipinski definition) is 0. The molecule has 23 heavy (non-hydrogen) atoms. The van der Waals surface area contributed by atoms with Gasteiger partial charge in [0.1, 0.15) is 5.75 Å². The van der Waals surface area contributed by atoms with Gasteiger partial charge in [0.15, 0.2) is 5.58 Å². The van der Waals surface area contributed by atoms with Gasteiger partial charge in [0, 0.05) is 25.3 Å². The number of ether oxygens (including phenoxy) is 1. The first kappa shape index (κ1) is 16.4. The van der Waals surface area contributed by atoms with Gasteiger partial charge in [-0.2, -0.15) is 0 Å². The summed E-state index contributed by atoms with van der Waals surface area (Å²) in [6.07, 6.45) is 0. The highest BCUT2D eigenvalue weighted by atomic mass is 16.7. The van der Waals surface area contributed by atoms with Gasteiger partial charge in [-0.3, -0.25) is 4.79 Å². The van der Waals surface area contributed by atoms with Crippen molar-refractivity contribution < 1.29 is 23.6 Å². The van der Waals surface area contributed by atoms with Gasteiger partial charge in [-0.05, 0) is 31.5 Å². The molecule has 0 radical (unpaired) electrons. The molecule has 0 fully saturated rings. The molecule has 0 spiro atoms. The highest BCUT2D eigenvalue weighted by molar-refractivity contribution is 6.10. The summed E-state index contributed by atoms with van der Waals surface area (Å²) in [7, 11) is 0. The lowest BCUT2D eigenvalue weighted by Crippen LogP contribution is -2.10. The van der Waals surface area contributed by atoms with Crippen LogP contribution in [0.25, 0.3) is 11.0 Å². The molecule has 0 atom stereocenters. The molecule has 7 nitrogen and oxygen atoms in total. The van der Waals surface area contributed by atoms with Crippen molar-refractivity contribution in [3.05, 3.63) is 39.7 Å². The lowest BCUT2D eigenvalue weighted by molar-refractivity contribution is -0.141. The maximum atomic E-state index is 11.7. The SMILES string of the molecule is CC(=O)ON=C(C)c1c(OC(C)=O)ccc2c(C)cc(=O)oc12. The van der Waals surface area contributed by atoms with Crippen LogP contribution in [-0.2, 0) is 14.4 Å². The molecule has 1 aromatic carbocycles. The first-order valence-electron chi connectivity index (χ1n) is 6.78. The van der Waals surface area contributed by atoms with Crippen LogP contribution in [0, 0.1) is 6.92 Å². The van der Waals surface area contributed by atoms with E-state index in [9.17, 15) is 14.4 Å². The number of fused-ring (bicyclic) bond motifs is 1. The van der Waals surface area contributed by atoms with Gasteiger partial charge in [-0.15, -0.1) is 0 Å². The smallest absolute Gasteiger partial charge is 0.336 e. The molecule has 1 heterocycles. The molecule has 0 aliphatic rings. The zero-order valence-electron chi connectivity index (χ0n) is 13.1. The van der Waals surface area contributed by atoms with Crippen molar-refractivity contribution in [3.8, 4) is 5.75 Å². The van der Waals surface area contributed by atoms with Gasteiger partial charge in [0.05, 0.1) is 11.3 Å². The molecule has 0 N–H and O–H groups in total. The summed E-state index contributed by atoms with van der Waals surface area (Å²) in [5, 5.41) is 4.35. The van der Waals surface area contributed by atoms with Crippen LogP contribution in [0.3, 0.4) is 0 Å². The molecule has 0 amide bonds. The van der Waals surface area contributed by atoms with Crippen molar-refractivity contribution in [1.29, 1.82) is 0 Å². The Morgan fingerprint density at radius 1 is 1.13 bits per heavy atom. The van der Waals surface area contributed by atoms with Crippen molar-refractivity contribution in [3.63, 3.8) is 0 Å². The number of aryl methyl sites for hydroxylation is 1. The quantitative estimate of drug-likeness (QED) is 0.215. The van der Waals surface area contributed by atoms with Crippen molar-refractivity contribution in [2.75, 3.05) is 0 Å². The van der Waals surface area contributed by atoms with Gasteiger partial charge in [0.2, 0.25) is 0 Å². The van der Waals surface area contributed by atoms with Gasteiger partial charge >= 0.3 is 17.6 Å². The first-order chi connectivity index (χ1) is 10.8. The molecule has 1 aromatic heterocycles. The summed E-state index contributed by atoms with van der Waals surface area (Å²) in [5.74, 6) is -0.982. The van der Waals surface area contributed by atoms with Crippen molar-refractivity contribution in [1.82, 2.24) is 0 Å². The number of oxime groups is 1. The normalized spacial score (nSPS) is 11.4. The summed E-state index contributed by atoms with van der Waals surface area (Å²) in [4.78, 5) is 38.5. The maximum absolute atomic E-state index is 11.7. The second-order valence-electron chi connectivity index (χ2n) is 4.92. The van der Waals surface area contributed by atoms with Gasteiger partial charge in [-0.1, -0.05) is 5.16 Å². The maximum Gasteiger partial charge on any atom is 0.336 e. The fraction of sp³-hybridized carbons (Fsp3) is 0.250. The molecular weight excluding hydrogens is 302 g/mol. The largest absolute Gasteiger partial charge is 0.426 e. The average Bonchev–Trinajstić information content (AvgIpc) is 2.43. The summed E-state index contributed by atoms with van der Waals surface area (Å²) in [6.45, 7) is 5.76. The minimum absolute atomic E-state index is 0.159. The number of hydrogen-bond acceptors (Lipinski definition) is 7. The third-order valence-corrected chi connectivity index (χ3v) is 3.01. The van der Waals surface area contributed by atoms with Crippen LogP contribution in [0.15, 0.2) is 32.6 Å². The molecule has 0 aliphatic heterocycles. The van der Waals surface area contributed by atoms with E-state index in [1.54, 1.807) is 26.0 Å². The summed E-state index contributed by atoms with van der Waals surface area (Å²) in [6, 6.07) is 4.60. The lowest BCUT2D eigenvalue weighted by atomic mass is 10.0. The topological polar surface area (TPSA) is 95.2 Å². The van der Waals surface area contributed by atoms with Gasteiger partial charge in [-0.25, -0.2) is 9.59 Å². The minimum atomic E-state index is -0.601.